The van der Waals surface area contributed by atoms with Crippen LogP contribution in [-0.4, -0.2) is 13.5 Å². The molecule has 0 bridgehead atoms. The van der Waals surface area contributed by atoms with Crippen molar-refractivity contribution < 1.29 is 42.2 Å². The molecule has 0 aliphatic carbocycles. The summed E-state index contributed by atoms with van der Waals surface area (Å²) in [7, 11) is 1.85. The Bertz CT molecular complexity index is 249. The molecule has 0 unspecified atom stereocenters. The minimum Gasteiger partial charge on any atom is -0.650 e. The normalized spacial score (nSPS) is 7.67. The van der Waals surface area contributed by atoms with E-state index in [1.807, 2.05) is 45.2 Å². The first-order valence-corrected chi connectivity index (χ1v) is 4.62. The van der Waals surface area contributed by atoms with E-state index < -0.39 is 0 Å². The van der Waals surface area contributed by atoms with Crippen molar-refractivity contribution in [1.82, 2.24) is 0 Å². The Hall–Kier alpha value is -0.406. The van der Waals surface area contributed by atoms with Crippen LogP contribution in [0.15, 0.2) is 24.3 Å². The molecule has 1 radical (unpaired) electrons. The summed E-state index contributed by atoms with van der Waals surface area (Å²) >= 11 is 0. The molecule has 4 heteroatoms. The molecule has 1 N–H and O–H groups in total. The molecule has 1 aromatic carbocycles. The predicted molar refractivity (Wildman–Crippen MR) is 57.8 cm³/mol. The number of anilines is 1. The van der Waals surface area contributed by atoms with Gasteiger partial charge in [0.15, 0.2) is 0 Å². The van der Waals surface area contributed by atoms with E-state index >= 15 is 0 Å². The van der Waals surface area contributed by atoms with Gasteiger partial charge >= 0.3 is 0 Å². The third-order valence-corrected chi connectivity index (χ3v) is 1.54. The summed E-state index contributed by atoms with van der Waals surface area (Å²) in [5, 5.41) is 2.99. The molecule has 0 aliphatic rings. The molecule has 81 valence electrons. The van der Waals surface area contributed by atoms with Crippen LogP contribution in [0.2, 0.25) is 0 Å². The van der Waals surface area contributed by atoms with Crippen LogP contribution in [0.5, 0.6) is 0 Å². The van der Waals surface area contributed by atoms with Crippen molar-refractivity contribution in [3.63, 3.8) is 0 Å². The van der Waals surface area contributed by atoms with E-state index in [4.69, 9.17) is 0 Å². The summed E-state index contributed by atoms with van der Waals surface area (Å²) in [6, 6.07) is 7.62. The van der Waals surface area contributed by atoms with Crippen LogP contribution in [0.1, 0.15) is 19.4 Å². The topological polar surface area (TPSA) is 38.3 Å². The van der Waals surface area contributed by atoms with E-state index in [1.165, 1.54) is 6.47 Å². The Morgan fingerprint density at radius 2 is 1.80 bits per heavy atom. The van der Waals surface area contributed by atoms with Gasteiger partial charge in [0.05, 0.1) is 6.61 Å². The Labute approximate surface area is 116 Å². The summed E-state index contributed by atoms with van der Waals surface area (Å²) in [6.07, 6.45) is 0. The summed E-state index contributed by atoms with van der Waals surface area (Å²) < 4.78 is 4.47. The first kappa shape index (κ1) is 17.0. The minimum atomic E-state index is 0. The molecule has 1 rings (SSSR count). The van der Waals surface area contributed by atoms with Gasteiger partial charge in [0.2, 0.25) is 0 Å². The maximum absolute atomic E-state index is 9.74. The quantitative estimate of drug-likeness (QED) is 0.862. The van der Waals surface area contributed by atoms with Gasteiger partial charge in [-0.1, -0.05) is 32.5 Å². The van der Waals surface area contributed by atoms with Crippen LogP contribution in [-0.2, 0) is 48.8 Å². The van der Waals surface area contributed by atoms with E-state index in [9.17, 15) is 4.79 Å². The summed E-state index contributed by atoms with van der Waals surface area (Å²) in [6.45, 7) is 5.66. The molecule has 1 aromatic rings. The second-order valence-corrected chi connectivity index (χ2v) is 2.32. The van der Waals surface area contributed by atoms with Crippen molar-refractivity contribution in [2.75, 3.05) is 12.4 Å². The number of hydrogen-bond acceptors (Lipinski definition) is 3. The smallest absolute Gasteiger partial charge is 0.0745 e. The summed E-state index contributed by atoms with van der Waals surface area (Å²) in [4.78, 5) is 9.74. The van der Waals surface area contributed by atoms with Gasteiger partial charge in [0.25, 0.3) is 0 Å². The molecule has 0 amide bonds. The monoisotopic (exact) mass is 283 g/mol. The van der Waals surface area contributed by atoms with Crippen molar-refractivity contribution >= 4 is 12.2 Å². The molecule has 3 nitrogen and oxygen atoms in total. The third-order valence-electron chi connectivity index (χ3n) is 1.54. The largest absolute Gasteiger partial charge is 0.650 e. The molecule has 0 atom stereocenters. The van der Waals surface area contributed by atoms with Gasteiger partial charge in [-0.25, -0.2) is 0 Å². The van der Waals surface area contributed by atoms with Crippen molar-refractivity contribution in [1.29, 1.82) is 0 Å². The Balaban J connectivity index is 0. The minimum absolute atomic E-state index is 0. The van der Waals surface area contributed by atoms with Crippen molar-refractivity contribution in [2.45, 2.75) is 20.5 Å². The Kier molecular flexibility index (Phi) is 13.2. The standard InChI is InChI=1S/C9H10NO2.C2H6.Y/c1-10-9-4-2-8(3-5-9)6-12-7-11;1-2;/h2-5,10H,6H2,1H3;1-2H3;/q-1;;. The first-order chi connectivity index (χ1) is 6.86. The molecule has 0 aromatic heterocycles. The number of hydrogen-bond donors (Lipinski definition) is 1. The fraction of sp³-hybridized carbons (Fsp3) is 0.364. The van der Waals surface area contributed by atoms with Crippen LogP contribution in [0.4, 0.5) is 5.69 Å². The van der Waals surface area contributed by atoms with Crippen molar-refractivity contribution in [3.8, 4) is 0 Å². The van der Waals surface area contributed by atoms with Crippen LogP contribution in [0, 0.1) is 0 Å². The zero-order valence-corrected chi connectivity index (χ0v) is 12.2. The average molecular weight is 283 g/mol. The molecule has 15 heavy (non-hydrogen) atoms. The fourth-order valence-electron chi connectivity index (χ4n) is 0.880. The fourth-order valence-corrected chi connectivity index (χ4v) is 0.880. The van der Waals surface area contributed by atoms with E-state index in [2.05, 4.69) is 10.1 Å². The van der Waals surface area contributed by atoms with E-state index in [0.717, 1.165) is 11.3 Å². The van der Waals surface area contributed by atoms with Gasteiger partial charge in [0, 0.05) is 45.4 Å². The average Bonchev–Trinajstić information content (AvgIpc) is 2.30. The summed E-state index contributed by atoms with van der Waals surface area (Å²) in [5.74, 6) is 0. The predicted octanol–water partition coefficient (Wildman–Crippen LogP) is 2.34. The number of ether oxygens (including phenoxy) is 1. The number of rotatable bonds is 4. The second-order valence-electron chi connectivity index (χ2n) is 2.32. The molecule has 0 saturated heterocycles. The van der Waals surface area contributed by atoms with Crippen molar-refractivity contribution in [2.24, 2.45) is 0 Å². The molecule has 0 spiro atoms. The molecule has 0 saturated carbocycles. The number of nitrogens with one attached hydrogen (secondary N) is 1. The van der Waals surface area contributed by atoms with Gasteiger partial charge in [-0.05, 0) is 17.7 Å². The van der Waals surface area contributed by atoms with E-state index in [0.29, 0.717) is 0 Å². The van der Waals surface area contributed by atoms with Gasteiger partial charge < -0.3 is 14.8 Å². The first-order valence-electron chi connectivity index (χ1n) is 4.62. The van der Waals surface area contributed by atoms with Crippen LogP contribution in [0.25, 0.3) is 0 Å². The Morgan fingerprint density at radius 1 is 1.27 bits per heavy atom. The zero-order valence-electron chi connectivity index (χ0n) is 9.41. The molecule has 0 heterocycles. The molecule has 0 aliphatic heterocycles. The van der Waals surface area contributed by atoms with E-state index in [1.54, 1.807) is 0 Å². The maximum atomic E-state index is 9.74. The molecular formula is C11H16NO2Y-. The van der Waals surface area contributed by atoms with Gasteiger partial charge in [0.1, 0.15) is 0 Å². The number of carbonyl (C=O) groups excluding carboxylic acids is 1. The zero-order chi connectivity index (χ0) is 10.8. The van der Waals surface area contributed by atoms with Gasteiger partial charge in [-0.2, -0.15) is 0 Å². The number of benzene rings is 1. The maximum Gasteiger partial charge on any atom is 0.0745 e. The molecular weight excluding hydrogens is 267 g/mol. The van der Waals surface area contributed by atoms with Crippen molar-refractivity contribution in [3.05, 3.63) is 29.8 Å². The molecule has 0 fully saturated rings. The third kappa shape index (κ3) is 7.51. The summed E-state index contributed by atoms with van der Waals surface area (Å²) in [5.41, 5.74) is 1.99. The van der Waals surface area contributed by atoms with Crippen LogP contribution >= 0.6 is 0 Å². The SMILES string of the molecule is CC.CNc1ccc(CO[C-]=O)cc1.[Y]. The van der Waals surface area contributed by atoms with Crippen LogP contribution in [0.3, 0.4) is 0 Å². The van der Waals surface area contributed by atoms with Gasteiger partial charge in [-0.3, -0.25) is 0 Å². The Morgan fingerprint density at radius 3 is 2.20 bits per heavy atom. The van der Waals surface area contributed by atoms with Gasteiger partial charge in [-0.15, -0.1) is 0 Å². The van der Waals surface area contributed by atoms with Crippen LogP contribution < -0.4 is 5.32 Å². The second kappa shape index (κ2) is 11.7. The van der Waals surface area contributed by atoms with E-state index in [-0.39, 0.29) is 39.3 Å².